The zero-order chi connectivity index (χ0) is 19.9. The topological polar surface area (TPSA) is 73.3 Å². The number of anilines is 1. The zero-order valence-electron chi connectivity index (χ0n) is 16.9. The molecule has 1 heterocycles. The predicted octanol–water partition coefficient (Wildman–Crippen LogP) is 5.16. The van der Waals surface area contributed by atoms with Gasteiger partial charge in [0.05, 0.1) is 14.2 Å². The van der Waals surface area contributed by atoms with Crippen molar-refractivity contribution >= 4 is 22.6 Å². The zero-order valence-corrected chi connectivity index (χ0v) is 17.7. The number of aromatic nitrogens is 2. The van der Waals surface area contributed by atoms with Crippen LogP contribution in [0.3, 0.4) is 0 Å². The minimum absolute atomic E-state index is 0.0731. The number of methoxy groups -OCH3 is 2. The summed E-state index contributed by atoms with van der Waals surface area (Å²) in [4.78, 5) is 17.1. The Bertz CT molecular complexity index is 785. The number of nitrogens with one attached hydrogen (secondary N) is 1. The molecule has 1 N–H and O–H groups in total. The lowest BCUT2D eigenvalue weighted by Gasteiger charge is -2.27. The van der Waals surface area contributed by atoms with Crippen LogP contribution >= 0.6 is 11.5 Å². The van der Waals surface area contributed by atoms with E-state index in [4.69, 9.17) is 9.47 Å². The van der Waals surface area contributed by atoms with E-state index in [-0.39, 0.29) is 11.8 Å². The molecule has 0 bridgehead atoms. The van der Waals surface area contributed by atoms with Crippen LogP contribution in [0.1, 0.15) is 51.9 Å². The molecule has 1 aliphatic rings. The van der Waals surface area contributed by atoms with Crippen molar-refractivity contribution in [2.75, 3.05) is 19.5 Å². The summed E-state index contributed by atoms with van der Waals surface area (Å²) >= 11 is 1.21. The van der Waals surface area contributed by atoms with Crippen molar-refractivity contribution in [1.29, 1.82) is 0 Å². The van der Waals surface area contributed by atoms with Gasteiger partial charge in [0.15, 0.2) is 17.3 Å². The molecule has 3 rings (SSSR count). The molecule has 0 unspecified atom stereocenters. The maximum Gasteiger partial charge on any atom is 0.229 e. The third-order valence-corrected chi connectivity index (χ3v) is 6.11. The molecule has 0 atom stereocenters. The molecule has 152 valence electrons. The molecule has 2 aromatic rings. The van der Waals surface area contributed by atoms with Crippen molar-refractivity contribution in [2.24, 2.45) is 11.8 Å². The second kappa shape index (κ2) is 9.87. The van der Waals surface area contributed by atoms with E-state index in [0.717, 1.165) is 37.2 Å². The fourth-order valence-corrected chi connectivity index (χ4v) is 4.37. The number of rotatable bonds is 8. The van der Waals surface area contributed by atoms with Gasteiger partial charge in [-0.1, -0.05) is 26.2 Å². The van der Waals surface area contributed by atoms with Crippen LogP contribution in [0, 0.1) is 11.8 Å². The third kappa shape index (κ3) is 5.01. The van der Waals surface area contributed by atoms with Crippen molar-refractivity contribution in [3.05, 3.63) is 18.2 Å². The molecule has 1 fully saturated rings. The number of carbonyl (C=O) groups is 1. The van der Waals surface area contributed by atoms with Crippen molar-refractivity contribution in [1.82, 2.24) is 9.36 Å². The highest BCUT2D eigenvalue weighted by molar-refractivity contribution is 7.10. The molecule has 28 heavy (non-hydrogen) atoms. The largest absolute Gasteiger partial charge is 0.493 e. The van der Waals surface area contributed by atoms with E-state index < -0.39 is 0 Å². The van der Waals surface area contributed by atoms with Gasteiger partial charge in [-0.15, -0.1) is 0 Å². The number of benzene rings is 1. The van der Waals surface area contributed by atoms with E-state index >= 15 is 0 Å². The smallest absolute Gasteiger partial charge is 0.229 e. The Balaban J connectivity index is 1.58. The van der Waals surface area contributed by atoms with Crippen molar-refractivity contribution < 1.29 is 14.3 Å². The lowest BCUT2D eigenvalue weighted by Crippen LogP contribution is -2.27. The fourth-order valence-electron chi connectivity index (χ4n) is 3.78. The molecule has 0 radical (unpaired) electrons. The van der Waals surface area contributed by atoms with Crippen molar-refractivity contribution in [2.45, 2.75) is 51.9 Å². The SMILES string of the molecule is CCCCC1CCC(C(=O)Nc2nc(-c3ccc(OC)c(OC)c3)ns2)CC1. The summed E-state index contributed by atoms with van der Waals surface area (Å²) in [7, 11) is 3.20. The molecule has 0 saturated heterocycles. The van der Waals surface area contributed by atoms with Gasteiger partial charge >= 0.3 is 0 Å². The average Bonchev–Trinajstić information content (AvgIpc) is 3.20. The second-order valence-corrected chi connectivity index (χ2v) is 8.09. The molecule has 1 aliphatic carbocycles. The molecule has 1 aromatic heterocycles. The number of ether oxygens (including phenoxy) is 2. The summed E-state index contributed by atoms with van der Waals surface area (Å²) < 4.78 is 15.0. The van der Waals surface area contributed by atoms with E-state index in [1.54, 1.807) is 14.2 Å². The van der Waals surface area contributed by atoms with Crippen molar-refractivity contribution in [3.63, 3.8) is 0 Å². The minimum atomic E-state index is 0.0731. The Morgan fingerprint density at radius 3 is 2.61 bits per heavy atom. The Morgan fingerprint density at radius 2 is 1.93 bits per heavy atom. The van der Waals surface area contributed by atoms with Gasteiger partial charge in [-0.3, -0.25) is 4.79 Å². The third-order valence-electron chi connectivity index (χ3n) is 5.48. The highest BCUT2D eigenvalue weighted by Crippen LogP contribution is 2.34. The normalized spacial score (nSPS) is 19.2. The number of unbranched alkanes of at least 4 members (excludes halogenated alkanes) is 1. The number of nitrogens with zero attached hydrogens (tertiary/aromatic N) is 2. The minimum Gasteiger partial charge on any atom is -0.493 e. The molecule has 0 spiro atoms. The average molecular weight is 404 g/mol. The van der Waals surface area contributed by atoms with E-state index in [1.807, 2.05) is 18.2 Å². The summed E-state index contributed by atoms with van der Waals surface area (Å²) in [6.07, 6.45) is 8.11. The van der Waals surface area contributed by atoms with Crippen LogP contribution in [0.4, 0.5) is 5.13 Å². The summed E-state index contributed by atoms with van der Waals surface area (Å²) in [6.45, 7) is 2.23. The van der Waals surface area contributed by atoms with Gasteiger partial charge in [0.1, 0.15) is 0 Å². The lowest BCUT2D eigenvalue weighted by atomic mass is 9.79. The maximum atomic E-state index is 12.6. The van der Waals surface area contributed by atoms with Gasteiger partial charge in [0.2, 0.25) is 11.0 Å². The van der Waals surface area contributed by atoms with E-state index in [9.17, 15) is 4.79 Å². The van der Waals surface area contributed by atoms with Crippen LogP contribution in [0.2, 0.25) is 0 Å². The summed E-state index contributed by atoms with van der Waals surface area (Å²) in [5, 5.41) is 3.51. The molecule has 1 amide bonds. The molecule has 0 aliphatic heterocycles. The van der Waals surface area contributed by atoms with Gasteiger partial charge in [-0.05, 0) is 49.8 Å². The van der Waals surface area contributed by atoms with Crippen LogP contribution in [0.15, 0.2) is 18.2 Å². The molecule has 1 saturated carbocycles. The monoisotopic (exact) mass is 403 g/mol. The van der Waals surface area contributed by atoms with Gasteiger partial charge in [-0.25, -0.2) is 0 Å². The quantitative estimate of drug-likeness (QED) is 0.659. The molecule has 7 heteroatoms. The van der Waals surface area contributed by atoms with Crippen LogP contribution in [0.5, 0.6) is 11.5 Å². The predicted molar refractivity (Wildman–Crippen MR) is 112 cm³/mol. The Labute approximate surface area is 170 Å². The first-order valence-electron chi connectivity index (χ1n) is 10.0. The standard InChI is InChI=1S/C21H29N3O3S/c1-4-5-6-14-7-9-15(10-8-14)20(25)23-21-22-19(24-28-21)16-11-12-17(26-2)18(13-16)27-3/h11-15H,4-10H2,1-3H3,(H,22,23,24,25). The van der Waals surface area contributed by atoms with E-state index in [1.165, 1.54) is 30.8 Å². The molecular weight excluding hydrogens is 374 g/mol. The van der Waals surface area contributed by atoms with Gasteiger partial charge < -0.3 is 14.8 Å². The van der Waals surface area contributed by atoms with E-state index in [2.05, 4.69) is 21.6 Å². The lowest BCUT2D eigenvalue weighted by molar-refractivity contribution is -0.121. The van der Waals surface area contributed by atoms with Crippen LogP contribution in [0.25, 0.3) is 11.4 Å². The second-order valence-electron chi connectivity index (χ2n) is 7.34. The number of amides is 1. The van der Waals surface area contributed by atoms with Crippen LogP contribution in [-0.4, -0.2) is 29.5 Å². The van der Waals surface area contributed by atoms with Crippen LogP contribution < -0.4 is 14.8 Å². The first-order chi connectivity index (χ1) is 13.6. The summed E-state index contributed by atoms with van der Waals surface area (Å²) in [5.74, 6) is 2.81. The number of hydrogen-bond acceptors (Lipinski definition) is 6. The van der Waals surface area contributed by atoms with Crippen LogP contribution in [-0.2, 0) is 4.79 Å². The van der Waals surface area contributed by atoms with E-state index in [0.29, 0.717) is 22.5 Å². The van der Waals surface area contributed by atoms with Gasteiger partial charge in [-0.2, -0.15) is 9.36 Å². The summed E-state index contributed by atoms with van der Waals surface area (Å²) in [5.41, 5.74) is 0.825. The molecule has 6 nitrogen and oxygen atoms in total. The Kier molecular flexibility index (Phi) is 7.25. The molecular formula is C21H29N3O3S. The highest BCUT2D eigenvalue weighted by atomic mass is 32.1. The number of hydrogen-bond donors (Lipinski definition) is 1. The van der Waals surface area contributed by atoms with Gasteiger partial charge in [0, 0.05) is 23.0 Å². The van der Waals surface area contributed by atoms with Gasteiger partial charge in [0.25, 0.3) is 0 Å². The Hall–Kier alpha value is -2.15. The van der Waals surface area contributed by atoms with Crippen molar-refractivity contribution in [3.8, 4) is 22.9 Å². The Morgan fingerprint density at radius 1 is 1.18 bits per heavy atom. The number of carbonyl (C=O) groups excluding carboxylic acids is 1. The fraction of sp³-hybridized carbons (Fsp3) is 0.571. The first-order valence-corrected chi connectivity index (χ1v) is 10.8. The summed E-state index contributed by atoms with van der Waals surface area (Å²) in [6, 6.07) is 5.54. The first kappa shape index (κ1) is 20.6. The highest BCUT2D eigenvalue weighted by Gasteiger charge is 2.26. The molecule has 1 aromatic carbocycles. The maximum absolute atomic E-state index is 12.6.